The Kier molecular flexibility index (Phi) is 5.43. The lowest BCUT2D eigenvalue weighted by molar-refractivity contribution is -0.152. The Morgan fingerprint density at radius 1 is 1.15 bits per heavy atom. The third-order valence-corrected chi connectivity index (χ3v) is 5.02. The van der Waals surface area contributed by atoms with Gasteiger partial charge in [0.1, 0.15) is 12.6 Å². The van der Waals surface area contributed by atoms with Crippen LogP contribution in [0.1, 0.15) is 24.5 Å². The van der Waals surface area contributed by atoms with E-state index in [1.165, 1.54) is 4.90 Å². The summed E-state index contributed by atoms with van der Waals surface area (Å²) < 4.78 is 0. The van der Waals surface area contributed by atoms with Crippen LogP contribution in [0.25, 0.3) is 0 Å². The standard InChI is InChI=1S/C19H24N4O4/c1-13-3-5-15(6-4-13)11-21-9-10-22(14(2)18(21)26)17(25)12-23-16(24)7-8-20-19(23)27/h3-6,14H,7-12H2,1-2H3,(H,20,27). The van der Waals surface area contributed by atoms with E-state index in [2.05, 4.69) is 5.32 Å². The van der Waals surface area contributed by atoms with Crippen LogP contribution in [0.2, 0.25) is 0 Å². The molecule has 2 heterocycles. The number of piperazine rings is 1. The first-order valence-corrected chi connectivity index (χ1v) is 9.09. The average Bonchev–Trinajstić information content (AvgIpc) is 2.64. The number of urea groups is 1. The molecule has 0 saturated carbocycles. The van der Waals surface area contributed by atoms with Gasteiger partial charge in [0, 0.05) is 32.6 Å². The average molecular weight is 372 g/mol. The predicted molar refractivity (Wildman–Crippen MR) is 97.5 cm³/mol. The molecule has 0 aromatic heterocycles. The van der Waals surface area contributed by atoms with Crippen LogP contribution in [0.5, 0.6) is 0 Å². The van der Waals surface area contributed by atoms with E-state index < -0.39 is 18.0 Å². The van der Waals surface area contributed by atoms with Gasteiger partial charge < -0.3 is 15.1 Å². The fourth-order valence-electron chi connectivity index (χ4n) is 3.35. The predicted octanol–water partition coefficient (Wildman–Crippen LogP) is 0.496. The van der Waals surface area contributed by atoms with E-state index >= 15 is 0 Å². The second-order valence-corrected chi connectivity index (χ2v) is 6.97. The van der Waals surface area contributed by atoms with E-state index in [1.54, 1.807) is 11.8 Å². The molecule has 8 nitrogen and oxygen atoms in total. The van der Waals surface area contributed by atoms with E-state index in [0.717, 1.165) is 16.0 Å². The number of imide groups is 1. The van der Waals surface area contributed by atoms with E-state index in [9.17, 15) is 19.2 Å². The number of rotatable bonds is 4. The summed E-state index contributed by atoms with van der Waals surface area (Å²) in [6.45, 7) is 4.94. The zero-order valence-electron chi connectivity index (χ0n) is 15.6. The summed E-state index contributed by atoms with van der Waals surface area (Å²) in [6, 6.07) is 6.81. The molecule has 5 amide bonds. The van der Waals surface area contributed by atoms with Crippen molar-refractivity contribution in [3.63, 3.8) is 0 Å². The first-order chi connectivity index (χ1) is 12.9. The number of hydrogen-bond donors (Lipinski definition) is 1. The van der Waals surface area contributed by atoms with Gasteiger partial charge in [-0.25, -0.2) is 4.79 Å². The maximum atomic E-state index is 12.7. The number of nitrogens with one attached hydrogen (secondary N) is 1. The molecular formula is C19H24N4O4. The Morgan fingerprint density at radius 3 is 2.52 bits per heavy atom. The molecule has 2 fully saturated rings. The minimum absolute atomic E-state index is 0.135. The van der Waals surface area contributed by atoms with Gasteiger partial charge in [-0.3, -0.25) is 19.3 Å². The van der Waals surface area contributed by atoms with Crippen molar-refractivity contribution in [2.75, 3.05) is 26.2 Å². The van der Waals surface area contributed by atoms with Crippen LogP contribution in [0.3, 0.4) is 0 Å². The largest absolute Gasteiger partial charge is 0.337 e. The summed E-state index contributed by atoms with van der Waals surface area (Å²) in [4.78, 5) is 53.1. The van der Waals surface area contributed by atoms with Gasteiger partial charge in [-0.15, -0.1) is 0 Å². The Balaban J connectivity index is 1.61. The second kappa shape index (κ2) is 7.77. The van der Waals surface area contributed by atoms with Crippen molar-refractivity contribution < 1.29 is 19.2 Å². The molecule has 1 atom stereocenters. The van der Waals surface area contributed by atoms with Crippen molar-refractivity contribution in [1.29, 1.82) is 0 Å². The van der Waals surface area contributed by atoms with Crippen molar-refractivity contribution in [1.82, 2.24) is 20.0 Å². The minimum atomic E-state index is -0.625. The highest BCUT2D eigenvalue weighted by Gasteiger charge is 2.36. The summed E-state index contributed by atoms with van der Waals surface area (Å²) in [5.41, 5.74) is 2.20. The molecule has 2 aliphatic rings. The molecule has 2 aliphatic heterocycles. The van der Waals surface area contributed by atoms with Gasteiger partial charge in [0.2, 0.25) is 17.7 Å². The number of carbonyl (C=O) groups is 4. The van der Waals surface area contributed by atoms with Gasteiger partial charge in [-0.2, -0.15) is 0 Å². The third-order valence-electron chi connectivity index (χ3n) is 5.02. The summed E-state index contributed by atoms with van der Waals surface area (Å²) >= 11 is 0. The highest BCUT2D eigenvalue weighted by atomic mass is 16.2. The maximum absolute atomic E-state index is 12.7. The molecule has 1 unspecified atom stereocenters. The topological polar surface area (TPSA) is 90.0 Å². The van der Waals surface area contributed by atoms with Crippen LogP contribution < -0.4 is 5.32 Å². The number of amides is 5. The lowest BCUT2D eigenvalue weighted by Gasteiger charge is -2.40. The van der Waals surface area contributed by atoms with E-state index in [-0.39, 0.29) is 31.3 Å². The van der Waals surface area contributed by atoms with Gasteiger partial charge in [0.15, 0.2) is 0 Å². The Labute approximate surface area is 158 Å². The Hall–Kier alpha value is -2.90. The first-order valence-electron chi connectivity index (χ1n) is 9.09. The SMILES string of the molecule is Cc1ccc(CN2CCN(C(=O)CN3C(=O)CCNC3=O)C(C)C2=O)cc1. The van der Waals surface area contributed by atoms with Crippen LogP contribution in [0, 0.1) is 6.92 Å². The number of hydrogen-bond acceptors (Lipinski definition) is 4. The minimum Gasteiger partial charge on any atom is -0.337 e. The zero-order valence-corrected chi connectivity index (χ0v) is 15.6. The molecular weight excluding hydrogens is 348 g/mol. The highest BCUT2D eigenvalue weighted by Crippen LogP contribution is 2.16. The molecule has 1 aromatic rings. The molecule has 3 rings (SSSR count). The van der Waals surface area contributed by atoms with Crippen molar-refractivity contribution in [3.8, 4) is 0 Å². The van der Waals surface area contributed by atoms with Crippen molar-refractivity contribution >= 4 is 23.8 Å². The van der Waals surface area contributed by atoms with Crippen LogP contribution >= 0.6 is 0 Å². The number of carbonyl (C=O) groups excluding carboxylic acids is 4. The van der Waals surface area contributed by atoms with E-state index in [1.807, 2.05) is 31.2 Å². The fraction of sp³-hybridized carbons (Fsp3) is 0.474. The van der Waals surface area contributed by atoms with Crippen LogP contribution in [0.15, 0.2) is 24.3 Å². The van der Waals surface area contributed by atoms with Crippen molar-refractivity contribution in [3.05, 3.63) is 35.4 Å². The fourth-order valence-corrected chi connectivity index (χ4v) is 3.35. The quantitative estimate of drug-likeness (QED) is 0.833. The van der Waals surface area contributed by atoms with Crippen molar-refractivity contribution in [2.45, 2.75) is 32.9 Å². The van der Waals surface area contributed by atoms with Gasteiger partial charge in [-0.1, -0.05) is 29.8 Å². The Morgan fingerprint density at radius 2 is 1.85 bits per heavy atom. The summed E-state index contributed by atoms with van der Waals surface area (Å²) in [5, 5.41) is 2.55. The van der Waals surface area contributed by atoms with Crippen LogP contribution in [-0.4, -0.2) is 70.7 Å². The molecule has 0 aliphatic carbocycles. The second-order valence-electron chi connectivity index (χ2n) is 6.97. The van der Waals surface area contributed by atoms with Crippen LogP contribution in [-0.2, 0) is 20.9 Å². The van der Waals surface area contributed by atoms with Gasteiger partial charge in [0.25, 0.3) is 0 Å². The summed E-state index contributed by atoms with van der Waals surface area (Å²) in [5.74, 6) is -0.898. The molecule has 27 heavy (non-hydrogen) atoms. The highest BCUT2D eigenvalue weighted by molar-refractivity contribution is 6.00. The summed E-state index contributed by atoms with van der Waals surface area (Å²) in [6.07, 6.45) is 0.178. The lowest BCUT2D eigenvalue weighted by Crippen LogP contribution is -2.60. The van der Waals surface area contributed by atoms with Gasteiger partial charge >= 0.3 is 6.03 Å². The molecule has 1 N–H and O–H groups in total. The monoisotopic (exact) mass is 372 g/mol. The molecule has 8 heteroatoms. The van der Waals surface area contributed by atoms with Crippen LogP contribution in [0.4, 0.5) is 4.79 Å². The van der Waals surface area contributed by atoms with Gasteiger partial charge in [-0.05, 0) is 19.4 Å². The molecule has 144 valence electrons. The third kappa shape index (κ3) is 4.10. The number of aryl methyl sites for hydroxylation is 1. The molecule has 0 bridgehead atoms. The normalized spacial score (nSPS) is 20.7. The molecule has 1 aromatic carbocycles. The molecule has 0 radical (unpaired) electrons. The zero-order chi connectivity index (χ0) is 19.6. The first kappa shape index (κ1) is 18.9. The maximum Gasteiger partial charge on any atom is 0.324 e. The summed E-state index contributed by atoms with van der Waals surface area (Å²) in [7, 11) is 0. The number of nitrogens with zero attached hydrogens (tertiary/aromatic N) is 3. The Bertz CT molecular complexity index is 745. The van der Waals surface area contributed by atoms with Crippen molar-refractivity contribution in [2.24, 2.45) is 0 Å². The lowest BCUT2D eigenvalue weighted by atomic mass is 10.1. The van der Waals surface area contributed by atoms with Gasteiger partial charge in [0.05, 0.1) is 0 Å². The van der Waals surface area contributed by atoms with E-state index in [4.69, 9.17) is 0 Å². The molecule has 0 spiro atoms. The smallest absolute Gasteiger partial charge is 0.324 e. The van der Waals surface area contributed by atoms with E-state index in [0.29, 0.717) is 19.6 Å². The molecule has 2 saturated heterocycles. The number of benzene rings is 1.